The van der Waals surface area contributed by atoms with Crippen LogP contribution in [0.2, 0.25) is 0 Å². The van der Waals surface area contributed by atoms with Gasteiger partial charge in [0.2, 0.25) is 5.91 Å². The minimum absolute atomic E-state index is 0.0635. The number of nitrogens with two attached hydrogens (primary N) is 1. The lowest BCUT2D eigenvalue weighted by molar-refractivity contribution is -0.124. The summed E-state index contributed by atoms with van der Waals surface area (Å²) in [5.74, 6) is -0.132. The van der Waals surface area contributed by atoms with Gasteiger partial charge in [-0.15, -0.1) is 0 Å². The third kappa shape index (κ3) is 3.33. The zero-order valence-corrected chi connectivity index (χ0v) is 12.4. The van der Waals surface area contributed by atoms with Crippen LogP contribution in [0.15, 0.2) is 18.2 Å². The number of likely N-dealkylation sites (N-methyl/N-ethyl adjacent to an activating group) is 1. The number of anilines is 2. The number of carbonyl (C=O) groups is 2. The van der Waals surface area contributed by atoms with Gasteiger partial charge in [-0.2, -0.15) is 0 Å². The predicted octanol–water partition coefficient (Wildman–Crippen LogP) is 0.813. The van der Waals surface area contributed by atoms with Crippen LogP contribution in [0.5, 0.6) is 0 Å². The van der Waals surface area contributed by atoms with Crippen molar-refractivity contribution in [2.24, 2.45) is 0 Å². The first-order valence-corrected chi connectivity index (χ1v) is 7.07. The number of ether oxygens (including phenoxy) is 1. The molecule has 0 saturated carbocycles. The van der Waals surface area contributed by atoms with E-state index in [4.69, 9.17) is 10.5 Å². The van der Waals surface area contributed by atoms with E-state index in [1.54, 1.807) is 12.1 Å². The molecule has 114 valence electrons. The third-order valence-corrected chi connectivity index (χ3v) is 3.53. The van der Waals surface area contributed by atoms with Gasteiger partial charge in [0.25, 0.3) is 0 Å². The van der Waals surface area contributed by atoms with Crippen LogP contribution in [-0.2, 0) is 9.53 Å². The molecule has 0 bridgehead atoms. The second kappa shape index (κ2) is 6.58. The van der Waals surface area contributed by atoms with Crippen molar-refractivity contribution in [3.8, 4) is 0 Å². The number of Topliss-reactive ketones (excluding diaryl/α,β-unsaturated/α-hetero) is 1. The summed E-state index contributed by atoms with van der Waals surface area (Å²) in [6.07, 6.45) is 0. The summed E-state index contributed by atoms with van der Waals surface area (Å²) in [6.45, 7) is 5.46. The number of ketones is 1. The maximum atomic E-state index is 12.1. The molecule has 3 N–H and O–H groups in total. The van der Waals surface area contributed by atoms with Crippen LogP contribution in [-0.4, -0.2) is 44.0 Å². The minimum atomic E-state index is -0.374. The highest BCUT2D eigenvalue weighted by atomic mass is 16.5. The number of hydrogen-bond donors (Lipinski definition) is 2. The number of nitrogen functional groups attached to an aromatic ring is 1. The van der Waals surface area contributed by atoms with Gasteiger partial charge < -0.3 is 20.7 Å². The molecule has 1 aliphatic rings. The first-order valence-electron chi connectivity index (χ1n) is 7.07. The molecule has 0 radical (unpaired) electrons. The van der Waals surface area contributed by atoms with E-state index in [1.807, 2.05) is 17.9 Å². The SMILES string of the molecule is CCNC(=O)C1COCCN1c1ccc(C(C)=O)c(N)c1. The van der Waals surface area contributed by atoms with Gasteiger partial charge in [-0.3, -0.25) is 9.59 Å². The van der Waals surface area contributed by atoms with Crippen LogP contribution in [0, 0.1) is 0 Å². The maximum absolute atomic E-state index is 12.1. The molecule has 1 unspecified atom stereocenters. The molecule has 1 aromatic carbocycles. The Morgan fingerprint density at radius 3 is 2.86 bits per heavy atom. The van der Waals surface area contributed by atoms with E-state index >= 15 is 0 Å². The largest absolute Gasteiger partial charge is 0.398 e. The number of nitrogens with one attached hydrogen (secondary N) is 1. The molecule has 1 heterocycles. The van der Waals surface area contributed by atoms with Gasteiger partial charge in [0, 0.05) is 30.0 Å². The van der Waals surface area contributed by atoms with Crippen molar-refractivity contribution in [1.29, 1.82) is 0 Å². The number of carbonyl (C=O) groups excluding carboxylic acids is 2. The van der Waals surface area contributed by atoms with Crippen molar-refractivity contribution in [3.63, 3.8) is 0 Å². The lowest BCUT2D eigenvalue weighted by atomic mass is 10.1. The fourth-order valence-electron chi connectivity index (χ4n) is 2.47. The lowest BCUT2D eigenvalue weighted by Gasteiger charge is -2.36. The molecule has 2 rings (SSSR count). The molecule has 0 aromatic heterocycles. The Morgan fingerprint density at radius 2 is 2.24 bits per heavy atom. The summed E-state index contributed by atoms with van der Waals surface area (Å²) in [6, 6.07) is 4.90. The van der Waals surface area contributed by atoms with Crippen molar-refractivity contribution in [3.05, 3.63) is 23.8 Å². The van der Waals surface area contributed by atoms with E-state index in [1.165, 1.54) is 6.92 Å². The van der Waals surface area contributed by atoms with Crippen LogP contribution in [0.4, 0.5) is 11.4 Å². The zero-order valence-electron chi connectivity index (χ0n) is 12.4. The highest BCUT2D eigenvalue weighted by Gasteiger charge is 2.29. The summed E-state index contributed by atoms with van der Waals surface area (Å²) in [7, 11) is 0. The summed E-state index contributed by atoms with van der Waals surface area (Å²) < 4.78 is 5.41. The first kappa shape index (κ1) is 15.3. The average molecular weight is 291 g/mol. The second-order valence-electron chi connectivity index (χ2n) is 5.01. The fraction of sp³-hybridized carbons (Fsp3) is 0.467. The molecule has 6 heteroatoms. The average Bonchev–Trinajstić information content (AvgIpc) is 2.47. The molecular weight excluding hydrogens is 270 g/mol. The van der Waals surface area contributed by atoms with Gasteiger partial charge in [0.05, 0.1) is 13.2 Å². The molecule has 1 saturated heterocycles. The van der Waals surface area contributed by atoms with E-state index in [0.29, 0.717) is 37.6 Å². The second-order valence-corrected chi connectivity index (χ2v) is 5.01. The highest BCUT2D eigenvalue weighted by Crippen LogP contribution is 2.25. The van der Waals surface area contributed by atoms with Gasteiger partial charge in [0.15, 0.2) is 5.78 Å². The van der Waals surface area contributed by atoms with Crippen LogP contribution >= 0.6 is 0 Å². The molecule has 21 heavy (non-hydrogen) atoms. The standard InChI is InChI=1S/C15H21N3O3/c1-3-17-15(20)14-9-21-7-6-18(14)11-4-5-12(10(2)19)13(16)8-11/h4-5,8,14H,3,6-7,9,16H2,1-2H3,(H,17,20). The number of amides is 1. The smallest absolute Gasteiger partial charge is 0.245 e. The monoisotopic (exact) mass is 291 g/mol. The summed E-state index contributed by atoms with van der Waals surface area (Å²) in [4.78, 5) is 25.5. The number of morpholine rings is 1. The Kier molecular flexibility index (Phi) is 4.80. The normalized spacial score (nSPS) is 18.4. The number of hydrogen-bond acceptors (Lipinski definition) is 5. The van der Waals surface area contributed by atoms with Gasteiger partial charge in [-0.25, -0.2) is 0 Å². The number of rotatable bonds is 4. The van der Waals surface area contributed by atoms with Crippen molar-refractivity contribution < 1.29 is 14.3 Å². The fourth-order valence-corrected chi connectivity index (χ4v) is 2.47. The number of nitrogens with zero attached hydrogens (tertiary/aromatic N) is 1. The Morgan fingerprint density at radius 1 is 1.48 bits per heavy atom. The molecular formula is C15H21N3O3. The lowest BCUT2D eigenvalue weighted by Crippen LogP contribution is -2.54. The van der Waals surface area contributed by atoms with Crippen LogP contribution in [0.25, 0.3) is 0 Å². The van der Waals surface area contributed by atoms with Crippen LogP contribution < -0.4 is 16.0 Å². The Balaban J connectivity index is 2.27. The Bertz CT molecular complexity index is 545. The summed E-state index contributed by atoms with van der Waals surface area (Å²) >= 11 is 0. The first-order chi connectivity index (χ1) is 10.0. The zero-order chi connectivity index (χ0) is 15.4. The summed E-state index contributed by atoms with van der Waals surface area (Å²) in [5, 5.41) is 2.81. The van der Waals surface area contributed by atoms with Gasteiger partial charge in [0.1, 0.15) is 6.04 Å². The van der Waals surface area contributed by atoms with Crippen molar-refractivity contribution >= 4 is 23.1 Å². The van der Waals surface area contributed by atoms with Gasteiger partial charge >= 0.3 is 0 Å². The van der Waals surface area contributed by atoms with Gasteiger partial charge in [-0.1, -0.05) is 0 Å². The third-order valence-electron chi connectivity index (χ3n) is 3.53. The van der Waals surface area contributed by atoms with E-state index in [2.05, 4.69) is 5.32 Å². The van der Waals surface area contributed by atoms with E-state index in [-0.39, 0.29) is 17.7 Å². The van der Waals surface area contributed by atoms with Crippen molar-refractivity contribution in [1.82, 2.24) is 5.32 Å². The van der Waals surface area contributed by atoms with Crippen molar-refractivity contribution in [2.75, 3.05) is 36.9 Å². The predicted molar refractivity (Wildman–Crippen MR) is 81.5 cm³/mol. The molecule has 1 fully saturated rings. The molecule has 1 aromatic rings. The van der Waals surface area contributed by atoms with Crippen LogP contribution in [0.3, 0.4) is 0 Å². The van der Waals surface area contributed by atoms with Crippen molar-refractivity contribution in [2.45, 2.75) is 19.9 Å². The van der Waals surface area contributed by atoms with Gasteiger partial charge in [-0.05, 0) is 32.0 Å². The molecule has 6 nitrogen and oxygen atoms in total. The van der Waals surface area contributed by atoms with Crippen LogP contribution in [0.1, 0.15) is 24.2 Å². The van der Waals surface area contributed by atoms with E-state index < -0.39 is 0 Å². The Labute approximate surface area is 124 Å². The molecule has 1 aliphatic heterocycles. The summed E-state index contributed by atoms with van der Waals surface area (Å²) in [5.41, 5.74) is 7.69. The quantitative estimate of drug-likeness (QED) is 0.633. The van der Waals surface area contributed by atoms with E-state index in [0.717, 1.165) is 5.69 Å². The Hall–Kier alpha value is -2.08. The minimum Gasteiger partial charge on any atom is -0.398 e. The molecule has 1 atom stereocenters. The highest BCUT2D eigenvalue weighted by molar-refractivity contribution is 5.99. The van der Waals surface area contributed by atoms with E-state index in [9.17, 15) is 9.59 Å². The number of benzene rings is 1. The molecule has 0 spiro atoms. The maximum Gasteiger partial charge on any atom is 0.245 e. The molecule has 1 amide bonds. The molecule has 0 aliphatic carbocycles. The topological polar surface area (TPSA) is 84.7 Å².